The van der Waals surface area contributed by atoms with Gasteiger partial charge in [-0.15, -0.1) is 0 Å². The number of aliphatic hydroxyl groups is 1. The topological polar surface area (TPSA) is 38.0 Å². The summed E-state index contributed by atoms with van der Waals surface area (Å²) in [7, 11) is 0. The maximum Gasteiger partial charge on any atom is 0.129 e. The minimum absolute atomic E-state index is 0.258. The van der Waals surface area contributed by atoms with Gasteiger partial charge < -0.3 is 5.11 Å². The molecule has 2 rings (SSSR count). The normalized spacial score (nSPS) is 12.7. The van der Waals surface area contributed by atoms with E-state index in [4.69, 9.17) is 0 Å². The molecule has 0 radical (unpaired) electrons. The summed E-state index contributed by atoms with van der Waals surface area (Å²) in [6.45, 7) is 0.258. The molecular formula is C11H11FN2O. The maximum absolute atomic E-state index is 13.3. The zero-order chi connectivity index (χ0) is 10.7. The first-order chi connectivity index (χ1) is 7.27. The summed E-state index contributed by atoms with van der Waals surface area (Å²) in [5.74, 6) is -0.392. The van der Waals surface area contributed by atoms with Crippen molar-refractivity contribution in [2.75, 3.05) is 0 Å². The molecule has 2 aromatic rings. The van der Waals surface area contributed by atoms with Gasteiger partial charge in [0.25, 0.3) is 0 Å². The number of halogens is 1. The molecule has 0 bridgehead atoms. The summed E-state index contributed by atoms with van der Waals surface area (Å²) in [6.07, 6.45) is 2.48. The molecule has 0 saturated heterocycles. The highest BCUT2D eigenvalue weighted by Gasteiger charge is 2.12. The average Bonchev–Trinajstić information content (AvgIpc) is 2.71. The largest absolute Gasteiger partial charge is 0.386 e. The van der Waals surface area contributed by atoms with Gasteiger partial charge >= 0.3 is 0 Å². The third-order valence-corrected chi connectivity index (χ3v) is 2.18. The molecule has 1 aromatic heterocycles. The van der Waals surface area contributed by atoms with E-state index in [9.17, 15) is 9.50 Å². The fourth-order valence-electron chi connectivity index (χ4n) is 1.43. The Kier molecular flexibility index (Phi) is 2.78. The molecule has 0 aliphatic rings. The van der Waals surface area contributed by atoms with Crippen LogP contribution >= 0.6 is 0 Å². The minimum atomic E-state index is -0.869. The van der Waals surface area contributed by atoms with Gasteiger partial charge in [0.2, 0.25) is 0 Å². The predicted octanol–water partition coefficient (Wildman–Crippen LogP) is 1.76. The van der Waals surface area contributed by atoms with E-state index in [-0.39, 0.29) is 6.54 Å². The van der Waals surface area contributed by atoms with Gasteiger partial charge in [0.15, 0.2) is 0 Å². The second-order valence-corrected chi connectivity index (χ2v) is 3.27. The molecular weight excluding hydrogens is 195 g/mol. The Morgan fingerprint density at radius 3 is 2.80 bits per heavy atom. The lowest BCUT2D eigenvalue weighted by Gasteiger charge is -2.11. The fraction of sp³-hybridized carbons (Fsp3) is 0.182. The number of benzene rings is 1. The van der Waals surface area contributed by atoms with Crippen molar-refractivity contribution in [3.63, 3.8) is 0 Å². The zero-order valence-corrected chi connectivity index (χ0v) is 8.05. The monoisotopic (exact) mass is 206 g/mol. The van der Waals surface area contributed by atoms with Crippen molar-refractivity contribution >= 4 is 0 Å². The van der Waals surface area contributed by atoms with Gasteiger partial charge in [0, 0.05) is 18.0 Å². The van der Waals surface area contributed by atoms with Crippen molar-refractivity contribution < 1.29 is 9.50 Å². The molecule has 1 heterocycles. The van der Waals surface area contributed by atoms with Crippen LogP contribution in [0.5, 0.6) is 0 Å². The van der Waals surface area contributed by atoms with Crippen LogP contribution in [0.3, 0.4) is 0 Å². The number of nitrogens with zero attached hydrogens (tertiary/aromatic N) is 2. The molecule has 0 fully saturated rings. The lowest BCUT2D eigenvalue weighted by Crippen LogP contribution is -2.10. The molecule has 15 heavy (non-hydrogen) atoms. The van der Waals surface area contributed by atoms with Gasteiger partial charge in [0.1, 0.15) is 11.9 Å². The van der Waals surface area contributed by atoms with Gasteiger partial charge in [-0.25, -0.2) is 4.39 Å². The highest BCUT2D eigenvalue weighted by Crippen LogP contribution is 2.17. The standard InChI is InChI=1S/C11H11FN2O/c12-10-5-2-1-4-9(10)11(15)8-14-7-3-6-13-14/h1-7,11,15H,8H2. The van der Waals surface area contributed by atoms with Gasteiger partial charge in [-0.05, 0) is 12.1 Å². The summed E-state index contributed by atoms with van der Waals surface area (Å²) in [4.78, 5) is 0. The van der Waals surface area contributed by atoms with Gasteiger partial charge in [-0.3, -0.25) is 4.68 Å². The molecule has 0 spiro atoms. The van der Waals surface area contributed by atoms with Gasteiger partial charge in [0.05, 0.1) is 6.54 Å². The molecule has 0 saturated carbocycles. The molecule has 0 aliphatic heterocycles. The third kappa shape index (κ3) is 2.22. The molecule has 4 heteroatoms. The molecule has 1 aromatic carbocycles. The van der Waals surface area contributed by atoms with Crippen LogP contribution in [0, 0.1) is 5.82 Å². The fourth-order valence-corrected chi connectivity index (χ4v) is 1.43. The molecule has 78 valence electrons. The van der Waals surface area contributed by atoms with E-state index < -0.39 is 11.9 Å². The summed E-state index contributed by atoms with van der Waals surface area (Å²) >= 11 is 0. The Balaban J connectivity index is 2.15. The Labute approximate surface area is 86.8 Å². The SMILES string of the molecule is OC(Cn1cccn1)c1ccccc1F. The van der Waals surface area contributed by atoms with Crippen molar-refractivity contribution in [3.8, 4) is 0 Å². The smallest absolute Gasteiger partial charge is 0.129 e. The van der Waals surface area contributed by atoms with E-state index in [0.717, 1.165) is 0 Å². The Bertz CT molecular complexity index is 428. The first-order valence-corrected chi connectivity index (χ1v) is 4.67. The molecule has 0 aliphatic carbocycles. The Morgan fingerprint density at radius 2 is 2.13 bits per heavy atom. The second kappa shape index (κ2) is 4.23. The molecule has 1 atom stereocenters. The third-order valence-electron chi connectivity index (χ3n) is 2.18. The van der Waals surface area contributed by atoms with Crippen LogP contribution in [0.1, 0.15) is 11.7 Å². The summed E-state index contributed by atoms with van der Waals surface area (Å²) in [5.41, 5.74) is 0.299. The molecule has 1 N–H and O–H groups in total. The van der Waals surface area contributed by atoms with Crippen LogP contribution in [0.15, 0.2) is 42.7 Å². The van der Waals surface area contributed by atoms with E-state index in [1.165, 1.54) is 6.07 Å². The summed E-state index contributed by atoms with van der Waals surface area (Å²) in [5, 5.41) is 13.7. The minimum Gasteiger partial charge on any atom is -0.386 e. The number of rotatable bonds is 3. The van der Waals surface area contributed by atoms with E-state index in [1.54, 1.807) is 41.3 Å². The number of aromatic nitrogens is 2. The molecule has 1 unspecified atom stereocenters. The van der Waals surface area contributed by atoms with Crippen LogP contribution in [-0.4, -0.2) is 14.9 Å². The Morgan fingerprint density at radius 1 is 1.33 bits per heavy atom. The molecule has 3 nitrogen and oxygen atoms in total. The summed E-state index contributed by atoms with van der Waals surface area (Å²) < 4.78 is 14.8. The van der Waals surface area contributed by atoms with Crippen LogP contribution in [0.4, 0.5) is 4.39 Å². The van der Waals surface area contributed by atoms with Gasteiger partial charge in [-0.2, -0.15) is 5.10 Å². The Hall–Kier alpha value is -1.68. The first-order valence-electron chi connectivity index (χ1n) is 4.67. The highest BCUT2D eigenvalue weighted by atomic mass is 19.1. The van der Waals surface area contributed by atoms with E-state index >= 15 is 0 Å². The van der Waals surface area contributed by atoms with E-state index in [2.05, 4.69) is 5.10 Å². The lowest BCUT2D eigenvalue weighted by atomic mass is 10.1. The van der Waals surface area contributed by atoms with Crippen LogP contribution in [-0.2, 0) is 6.54 Å². The molecule has 0 amide bonds. The number of hydrogen-bond acceptors (Lipinski definition) is 2. The first kappa shape index (κ1) is 9.86. The van der Waals surface area contributed by atoms with Crippen molar-refractivity contribution in [2.24, 2.45) is 0 Å². The number of hydrogen-bond donors (Lipinski definition) is 1. The quantitative estimate of drug-likeness (QED) is 0.830. The van der Waals surface area contributed by atoms with Crippen molar-refractivity contribution in [1.82, 2.24) is 9.78 Å². The zero-order valence-electron chi connectivity index (χ0n) is 8.05. The second-order valence-electron chi connectivity index (χ2n) is 3.27. The number of aliphatic hydroxyl groups excluding tert-OH is 1. The van der Waals surface area contributed by atoms with Crippen LogP contribution in [0.25, 0.3) is 0 Å². The van der Waals surface area contributed by atoms with E-state index in [1.807, 2.05) is 0 Å². The van der Waals surface area contributed by atoms with Crippen molar-refractivity contribution in [3.05, 3.63) is 54.1 Å². The predicted molar refractivity (Wildman–Crippen MR) is 53.6 cm³/mol. The average molecular weight is 206 g/mol. The summed E-state index contributed by atoms with van der Waals surface area (Å²) in [6, 6.07) is 7.96. The maximum atomic E-state index is 13.3. The van der Waals surface area contributed by atoms with Crippen LogP contribution in [0.2, 0.25) is 0 Å². The van der Waals surface area contributed by atoms with Crippen molar-refractivity contribution in [2.45, 2.75) is 12.6 Å². The van der Waals surface area contributed by atoms with Gasteiger partial charge in [-0.1, -0.05) is 18.2 Å². The lowest BCUT2D eigenvalue weighted by molar-refractivity contribution is 0.147. The van der Waals surface area contributed by atoms with Crippen LogP contribution < -0.4 is 0 Å². The highest BCUT2D eigenvalue weighted by molar-refractivity contribution is 5.19. The van der Waals surface area contributed by atoms with E-state index in [0.29, 0.717) is 5.56 Å². The van der Waals surface area contributed by atoms with Crippen molar-refractivity contribution in [1.29, 1.82) is 0 Å².